The summed E-state index contributed by atoms with van der Waals surface area (Å²) >= 11 is 37.4. The van der Waals surface area contributed by atoms with Gasteiger partial charge in [-0.05, 0) is 89.3 Å². The molecule has 24 heteroatoms. The number of carbonyl (C=O) groups excluding carboxylic acids is 2. The van der Waals surface area contributed by atoms with E-state index >= 15 is 0 Å². The Morgan fingerprint density at radius 2 is 1.04 bits per heavy atom. The van der Waals surface area contributed by atoms with Crippen LogP contribution in [0.15, 0.2) is 77.8 Å². The molecule has 0 bridgehead atoms. The third-order valence-corrected chi connectivity index (χ3v) is 18.2. The van der Waals surface area contributed by atoms with Crippen LogP contribution in [0.1, 0.15) is 84.5 Å². The van der Waals surface area contributed by atoms with Crippen LogP contribution in [0.3, 0.4) is 0 Å². The third kappa shape index (κ3) is 14.7. The highest BCUT2D eigenvalue weighted by molar-refractivity contribution is 6.44. The van der Waals surface area contributed by atoms with E-state index in [0.29, 0.717) is 74.5 Å². The van der Waals surface area contributed by atoms with E-state index in [1.807, 2.05) is 83.9 Å². The maximum atomic E-state index is 13.0. The number of aliphatic imine (C=N–C) groups is 1. The molecule has 3 aromatic heterocycles. The standard InChI is InChI=1S/C26H36Cl2N8O2.C16H17Cl2N3O2.C16H19Cl2N3/c1-16-15-35(22(37)14-31-25(38)24(32-26(29)30)17-7-4-3-5-8-17)11-12-36(16)21-13-20(33-34(21)2)18-9-6-10-19(27)23(18)28;1-20-14(21-8-3-2-7-13(21)16(22)23)9-12(19-20)10-5-4-6-11(17)15(10)18;1-11-6-3-4-9-21(11)15-10-14(19-20(15)2)12-7-5-8-13(17)16(12)18/h6,9-10,13,16-17,24H,3-5,7-8,11-12,14-15H2,1-2H3,(H,31,38)(H4,29,30,32);4-6,9,13H,2-3,7-8H2,1H3,(H,22,23);5,7-8,10-11H,3-4,6,9H2,1-2H3/t16?,24-;;/m1../s1. The number of benzene rings is 3. The number of anilines is 3. The van der Waals surface area contributed by atoms with Gasteiger partial charge in [0.15, 0.2) is 5.96 Å². The van der Waals surface area contributed by atoms with Crippen LogP contribution in [0.25, 0.3) is 33.8 Å². The van der Waals surface area contributed by atoms with Crippen LogP contribution in [0, 0.1) is 5.92 Å². The average Bonchev–Trinajstić information content (AvgIpc) is 4.19. The number of nitrogens with one attached hydrogen (secondary N) is 1. The Kier molecular flexibility index (Phi) is 21.3. The molecule has 6 heterocycles. The predicted molar refractivity (Wildman–Crippen MR) is 332 cm³/mol. The molecule has 82 heavy (non-hydrogen) atoms. The smallest absolute Gasteiger partial charge is 0.326 e. The second-order valence-corrected chi connectivity index (χ2v) is 23.8. The number of piperidine rings is 2. The van der Waals surface area contributed by atoms with E-state index in [4.69, 9.17) is 81.1 Å². The van der Waals surface area contributed by atoms with Gasteiger partial charge in [0.25, 0.3) is 0 Å². The van der Waals surface area contributed by atoms with Crippen molar-refractivity contribution in [2.24, 2.45) is 43.5 Å². The number of hydrogen-bond donors (Lipinski definition) is 4. The van der Waals surface area contributed by atoms with E-state index in [1.165, 1.54) is 19.3 Å². The fraction of sp³-hybridized carbons (Fsp3) is 0.466. The quantitative estimate of drug-likeness (QED) is 0.0665. The van der Waals surface area contributed by atoms with Crippen molar-refractivity contribution in [3.05, 3.63) is 103 Å². The van der Waals surface area contributed by atoms with Crippen molar-refractivity contribution < 1.29 is 19.5 Å². The van der Waals surface area contributed by atoms with E-state index in [0.717, 1.165) is 97.0 Å². The second-order valence-electron chi connectivity index (χ2n) is 21.4. The molecule has 0 radical (unpaired) electrons. The van der Waals surface area contributed by atoms with Crippen LogP contribution in [-0.4, -0.2) is 127 Å². The third-order valence-electron chi connectivity index (χ3n) is 15.8. The Labute approximate surface area is 509 Å². The van der Waals surface area contributed by atoms with E-state index in [1.54, 1.807) is 27.8 Å². The van der Waals surface area contributed by atoms with Gasteiger partial charge >= 0.3 is 5.97 Å². The number of amides is 2. The number of nitrogens with zero attached hydrogens (tertiary/aromatic N) is 11. The largest absolute Gasteiger partial charge is 0.480 e. The molecule has 18 nitrogen and oxygen atoms in total. The number of aryl methyl sites for hydroxylation is 3. The number of aliphatic carboxylic acids is 1. The first-order valence-corrected chi connectivity index (χ1v) is 30.1. The van der Waals surface area contributed by atoms with Crippen LogP contribution in [-0.2, 0) is 35.5 Å². The molecule has 0 spiro atoms. The Hall–Kier alpha value is -5.89. The van der Waals surface area contributed by atoms with Crippen molar-refractivity contribution in [2.45, 2.75) is 109 Å². The van der Waals surface area contributed by atoms with Gasteiger partial charge in [0.1, 0.15) is 29.5 Å². The van der Waals surface area contributed by atoms with Gasteiger partial charge in [0, 0.05) is 101 Å². The molecule has 2 amide bonds. The van der Waals surface area contributed by atoms with E-state index in [-0.39, 0.29) is 36.3 Å². The summed E-state index contributed by atoms with van der Waals surface area (Å²) in [4.78, 5) is 50.0. The first-order chi connectivity index (χ1) is 39.2. The molecule has 3 saturated heterocycles. The maximum Gasteiger partial charge on any atom is 0.326 e. The molecule has 3 aliphatic heterocycles. The van der Waals surface area contributed by atoms with E-state index < -0.39 is 18.1 Å². The number of nitrogens with two attached hydrogens (primary N) is 2. The summed E-state index contributed by atoms with van der Waals surface area (Å²) in [6, 6.07) is 21.9. The van der Waals surface area contributed by atoms with Crippen LogP contribution in [0.2, 0.25) is 30.1 Å². The summed E-state index contributed by atoms with van der Waals surface area (Å²) in [6.07, 6.45) is 11.4. The maximum absolute atomic E-state index is 13.0. The summed E-state index contributed by atoms with van der Waals surface area (Å²) in [5.74, 6) is 1.61. The van der Waals surface area contributed by atoms with Crippen molar-refractivity contribution in [2.75, 3.05) is 54.0 Å². The van der Waals surface area contributed by atoms with Crippen LogP contribution < -0.4 is 31.5 Å². The molecule has 3 unspecified atom stereocenters. The zero-order valence-corrected chi connectivity index (χ0v) is 51.4. The lowest BCUT2D eigenvalue weighted by molar-refractivity contribution is -0.139. The molecule has 440 valence electrons. The van der Waals surface area contributed by atoms with Crippen LogP contribution in [0.5, 0.6) is 0 Å². The summed E-state index contributed by atoms with van der Waals surface area (Å²) in [7, 11) is 5.68. The number of piperazine rings is 1. The number of aromatic nitrogens is 6. The van der Waals surface area contributed by atoms with Crippen molar-refractivity contribution >= 4 is 111 Å². The fourth-order valence-corrected chi connectivity index (χ4v) is 12.7. The minimum atomic E-state index is -0.798. The van der Waals surface area contributed by atoms with Crippen molar-refractivity contribution in [1.29, 1.82) is 0 Å². The first-order valence-electron chi connectivity index (χ1n) is 27.8. The van der Waals surface area contributed by atoms with Gasteiger partial charge in [-0.3, -0.25) is 23.6 Å². The Balaban J connectivity index is 0.000000171. The lowest BCUT2D eigenvalue weighted by Gasteiger charge is -2.41. The number of carboxylic acid groups (broad SMARTS) is 1. The predicted octanol–water partition coefficient (Wildman–Crippen LogP) is 11.4. The first kappa shape index (κ1) is 62.2. The Morgan fingerprint density at radius 1 is 0.598 bits per heavy atom. The van der Waals surface area contributed by atoms with Gasteiger partial charge in [-0.25, -0.2) is 9.79 Å². The van der Waals surface area contributed by atoms with Gasteiger partial charge < -0.3 is 41.5 Å². The number of halogens is 6. The number of carboxylic acids is 1. The van der Waals surface area contributed by atoms with E-state index in [9.17, 15) is 19.5 Å². The monoisotopic (exact) mass is 1240 g/mol. The van der Waals surface area contributed by atoms with Crippen molar-refractivity contribution in [3.63, 3.8) is 0 Å². The summed E-state index contributed by atoms with van der Waals surface area (Å²) in [6.45, 7) is 7.72. The van der Waals surface area contributed by atoms with Crippen molar-refractivity contribution in [1.82, 2.24) is 39.6 Å². The van der Waals surface area contributed by atoms with Gasteiger partial charge in [-0.1, -0.05) is 125 Å². The summed E-state index contributed by atoms with van der Waals surface area (Å²) in [5.41, 5.74) is 15.9. The average molecular weight is 1240 g/mol. The summed E-state index contributed by atoms with van der Waals surface area (Å²) in [5, 5.41) is 29.0. The molecule has 4 atom stereocenters. The topological polar surface area (TPSA) is 214 Å². The molecule has 3 aromatic carbocycles. The molecule has 1 saturated carbocycles. The zero-order chi connectivity index (χ0) is 58.9. The molecule has 6 N–H and O–H groups in total. The van der Waals surface area contributed by atoms with Gasteiger partial charge in [0.05, 0.1) is 53.8 Å². The Morgan fingerprint density at radius 3 is 1.49 bits per heavy atom. The SMILES string of the molecule is CC1CCCCN1c1cc(-c2cccc(Cl)c2Cl)nn1C.CC1CN(C(=O)CNC(=O)[C@H](N=C(N)N)C2CCCCC2)CCN1c1cc(-c2cccc(Cl)c2Cl)nn1C.Cn1nc(-c2cccc(Cl)c2Cl)cc1N1CCCCC1C(=O)O. The van der Waals surface area contributed by atoms with Crippen LogP contribution >= 0.6 is 69.6 Å². The highest BCUT2D eigenvalue weighted by Gasteiger charge is 2.34. The number of rotatable bonds is 12. The number of carbonyl (C=O) groups is 3. The number of hydrogen-bond acceptors (Lipinski definition) is 10. The van der Waals surface area contributed by atoms with Gasteiger partial charge in [-0.2, -0.15) is 15.3 Å². The molecule has 6 aromatic rings. The minimum absolute atomic E-state index is 0.0399. The lowest BCUT2D eigenvalue weighted by atomic mass is 9.83. The lowest BCUT2D eigenvalue weighted by Crippen LogP contribution is -2.56. The van der Waals surface area contributed by atoms with Gasteiger partial charge in [-0.15, -0.1) is 0 Å². The molecular formula is C58H72Cl6N14O4. The molecule has 10 rings (SSSR count). The zero-order valence-electron chi connectivity index (χ0n) is 46.8. The van der Waals surface area contributed by atoms with Crippen molar-refractivity contribution in [3.8, 4) is 33.8 Å². The highest BCUT2D eigenvalue weighted by Crippen LogP contribution is 2.39. The molecular weight excluding hydrogens is 1170 g/mol. The minimum Gasteiger partial charge on any atom is -0.480 e. The molecule has 4 fully saturated rings. The highest BCUT2D eigenvalue weighted by atomic mass is 35.5. The number of guanidine groups is 1. The summed E-state index contributed by atoms with van der Waals surface area (Å²) < 4.78 is 5.46. The fourth-order valence-electron chi connectivity index (χ4n) is 11.5. The Bertz CT molecular complexity index is 3250. The second kappa shape index (κ2) is 28.1. The normalized spacial score (nSPS) is 18.9. The van der Waals surface area contributed by atoms with Crippen LogP contribution in [0.4, 0.5) is 17.5 Å². The molecule has 4 aliphatic rings. The van der Waals surface area contributed by atoms with E-state index in [2.05, 4.69) is 55.3 Å². The van der Waals surface area contributed by atoms with Gasteiger partial charge in [0.2, 0.25) is 11.8 Å². The molecule has 1 aliphatic carbocycles.